The fourth-order valence-electron chi connectivity index (χ4n) is 2.95. The molecule has 0 N–H and O–H groups in total. The second kappa shape index (κ2) is 12.6. The van der Waals surface area contributed by atoms with Crippen LogP contribution in [0.3, 0.4) is 0 Å². The van der Waals surface area contributed by atoms with Crippen molar-refractivity contribution < 1.29 is 9.53 Å². The van der Waals surface area contributed by atoms with Gasteiger partial charge in [0.05, 0.1) is 6.61 Å². The minimum atomic E-state index is 0.0361. The predicted octanol–water partition coefficient (Wildman–Crippen LogP) is 6.35. The van der Waals surface area contributed by atoms with Crippen LogP contribution in [-0.4, -0.2) is 18.1 Å². The number of unbranched alkanes of at least 4 members (excludes halogenated alkanes) is 7. The number of ketones is 1. The fraction of sp³-hybridized carbons (Fsp3) is 0.435. The Morgan fingerprint density at radius 2 is 1.35 bits per heavy atom. The molecule has 0 fully saturated rings. The molecule has 3 heteroatoms. The molecule has 2 aromatic carbocycles. The van der Waals surface area contributed by atoms with Crippen LogP contribution in [0.25, 0.3) is 0 Å². The molecule has 0 bridgehead atoms. The van der Waals surface area contributed by atoms with Gasteiger partial charge in [-0.3, -0.25) is 4.79 Å². The minimum Gasteiger partial charge on any atom is -0.494 e. The average Bonchev–Trinajstić information content (AvgIpc) is 2.70. The first kappa shape index (κ1) is 20.6. The van der Waals surface area contributed by atoms with Crippen LogP contribution in [0.1, 0.15) is 67.3 Å². The van der Waals surface area contributed by atoms with Gasteiger partial charge in [0.15, 0.2) is 5.78 Å². The summed E-state index contributed by atoms with van der Waals surface area (Å²) < 4.78 is 5.83. The number of carbonyl (C=O) groups is 1. The highest BCUT2D eigenvalue weighted by Gasteiger charge is 2.09. The van der Waals surface area contributed by atoms with Crippen molar-refractivity contribution in [2.24, 2.45) is 0 Å². The lowest BCUT2D eigenvalue weighted by Gasteiger charge is -2.08. The van der Waals surface area contributed by atoms with Crippen molar-refractivity contribution in [3.05, 3.63) is 65.7 Å². The molecule has 2 nitrogen and oxygen atoms in total. The van der Waals surface area contributed by atoms with E-state index in [1.54, 1.807) is 0 Å². The molecule has 26 heavy (non-hydrogen) atoms. The van der Waals surface area contributed by atoms with Crippen molar-refractivity contribution in [1.29, 1.82) is 0 Å². The van der Waals surface area contributed by atoms with E-state index in [1.165, 1.54) is 44.9 Å². The van der Waals surface area contributed by atoms with Crippen molar-refractivity contribution in [3.63, 3.8) is 0 Å². The van der Waals surface area contributed by atoms with Gasteiger partial charge in [0, 0.05) is 11.1 Å². The number of thiol groups is 1. The molecule has 0 unspecified atom stereocenters. The van der Waals surface area contributed by atoms with Crippen molar-refractivity contribution in [2.45, 2.75) is 51.4 Å². The molecule has 2 aromatic rings. The largest absolute Gasteiger partial charge is 0.494 e. The molecule has 0 aliphatic carbocycles. The van der Waals surface area contributed by atoms with Crippen LogP contribution < -0.4 is 4.74 Å². The molecule has 0 aliphatic rings. The van der Waals surface area contributed by atoms with E-state index in [9.17, 15) is 4.79 Å². The van der Waals surface area contributed by atoms with Crippen molar-refractivity contribution >= 4 is 18.4 Å². The highest BCUT2D eigenvalue weighted by Crippen LogP contribution is 2.17. The zero-order chi connectivity index (χ0) is 18.5. The normalized spacial score (nSPS) is 10.7. The van der Waals surface area contributed by atoms with Crippen LogP contribution in [-0.2, 0) is 0 Å². The summed E-state index contributed by atoms with van der Waals surface area (Å²) in [5.74, 6) is 1.82. The van der Waals surface area contributed by atoms with E-state index < -0.39 is 0 Å². The first-order valence-corrected chi connectivity index (χ1v) is 10.4. The lowest BCUT2D eigenvalue weighted by atomic mass is 10.0. The molecule has 0 heterocycles. The van der Waals surface area contributed by atoms with Crippen LogP contribution in [0, 0.1) is 0 Å². The Labute approximate surface area is 163 Å². The van der Waals surface area contributed by atoms with E-state index in [2.05, 4.69) is 12.6 Å². The summed E-state index contributed by atoms with van der Waals surface area (Å²) >= 11 is 4.24. The van der Waals surface area contributed by atoms with Gasteiger partial charge in [-0.1, -0.05) is 81.0 Å². The maximum atomic E-state index is 12.5. The molecule has 0 radical (unpaired) electrons. The van der Waals surface area contributed by atoms with E-state index in [-0.39, 0.29) is 5.78 Å². The molecule has 0 saturated heterocycles. The predicted molar refractivity (Wildman–Crippen MR) is 113 cm³/mol. The van der Waals surface area contributed by atoms with E-state index in [0.29, 0.717) is 17.7 Å². The van der Waals surface area contributed by atoms with Crippen molar-refractivity contribution in [3.8, 4) is 5.75 Å². The van der Waals surface area contributed by atoms with Crippen molar-refractivity contribution in [1.82, 2.24) is 0 Å². The first-order valence-electron chi connectivity index (χ1n) is 9.75. The lowest BCUT2D eigenvalue weighted by molar-refractivity contribution is 0.103. The van der Waals surface area contributed by atoms with Gasteiger partial charge in [-0.2, -0.15) is 12.6 Å². The number of rotatable bonds is 13. The molecule has 0 amide bonds. The van der Waals surface area contributed by atoms with Gasteiger partial charge >= 0.3 is 0 Å². The van der Waals surface area contributed by atoms with Gasteiger partial charge in [0.25, 0.3) is 0 Å². The Kier molecular flexibility index (Phi) is 9.96. The van der Waals surface area contributed by atoms with Crippen LogP contribution in [0.2, 0.25) is 0 Å². The molecule has 0 aromatic heterocycles. The summed E-state index contributed by atoms with van der Waals surface area (Å²) in [5.41, 5.74) is 1.38. The third-order valence-corrected chi connectivity index (χ3v) is 4.77. The Balaban J connectivity index is 1.65. The quantitative estimate of drug-likeness (QED) is 0.253. The second-order valence-electron chi connectivity index (χ2n) is 6.62. The van der Waals surface area contributed by atoms with Gasteiger partial charge in [0.2, 0.25) is 0 Å². The van der Waals surface area contributed by atoms with Crippen LogP contribution in [0.4, 0.5) is 0 Å². The standard InChI is InChI=1S/C23H30O2S/c24-23(20-13-8-7-9-14-20)21-15-12-16-22(19-21)25-17-10-5-3-1-2-4-6-11-18-26/h7-9,12-16,19,26H,1-6,10-11,17-18H2. The number of hydrogen-bond donors (Lipinski definition) is 1. The van der Waals surface area contributed by atoms with Gasteiger partial charge in [0.1, 0.15) is 5.75 Å². The number of ether oxygens (including phenoxy) is 1. The van der Waals surface area contributed by atoms with Crippen LogP contribution in [0.5, 0.6) is 5.75 Å². The summed E-state index contributed by atoms with van der Waals surface area (Å²) in [6.45, 7) is 0.711. The molecule has 140 valence electrons. The zero-order valence-corrected chi connectivity index (χ0v) is 16.4. The molecule has 0 aliphatic heterocycles. The lowest BCUT2D eigenvalue weighted by Crippen LogP contribution is -2.02. The van der Waals surface area contributed by atoms with E-state index in [1.807, 2.05) is 54.6 Å². The fourth-order valence-corrected chi connectivity index (χ4v) is 3.17. The third-order valence-electron chi connectivity index (χ3n) is 4.45. The van der Waals surface area contributed by atoms with Crippen LogP contribution >= 0.6 is 12.6 Å². The number of hydrogen-bond acceptors (Lipinski definition) is 3. The molecule has 0 atom stereocenters. The topological polar surface area (TPSA) is 26.3 Å². The van der Waals surface area contributed by atoms with E-state index in [0.717, 1.165) is 17.9 Å². The molecule has 2 rings (SSSR count). The maximum Gasteiger partial charge on any atom is 0.193 e. The van der Waals surface area contributed by atoms with E-state index in [4.69, 9.17) is 4.74 Å². The molecular weight excluding hydrogens is 340 g/mol. The Morgan fingerprint density at radius 1 is 0.731 bits per heavy atom. The summed E-state index contributed by atoms with van der Waals surface area (Å²) in [5, 5.41) is 0. The van der Waals surface area contributed by atoms with Crippen molar-refractivity contribution in [2.75, 3.05) is 12.4 Å². The number of benzene rings is 2. The van der Waals surface area contributed by atoms with E-state index >= 15 is 0 Å². The molecule has 0 saturated carbocycles. The zero-order valence-electron chi connectivity index (χ0n) is 15.5. The highest BCUT2D eigenvalue weighted by molar-refractivity contribution is 7.80. The first-order chi connectivity index (χ1) is 12.8. The summed E-state index contributed by atoms with van der Waals surface area (Å²) in [4.78, 5) is 12.5. The molecule has 0 spiro atoms. The Hall–Kier alpha value is -1.74. The van der Waals surface area contributed by atoms with Gasteiger partial charge in [-0.05, 0) is 30.7 Å². The number of carbonyl (C=O) groups excluding carboxylic acids is 1. The Morgan fingerprint density at radius 3 is 2.04 bits per heavy atom. The smallest absolute Gasteiger partial charge is 0.193 e. The summed E-state index contributed by atoms with van der Waals surface area (Å²) in [7, 11) is 0. The highest BCUT2D eigenvalue weighted by atomic mass is 32.1. The average molecular weight is 371 g/mol. The van der Waals surface area contributed by atoms with Gasteiger partial charge in [-0.25, -0.2) is 0 Å². The van der Waals surface area contributed by atoms with Gasteiger partial charge < -0.3 is 4.74 Å². The van der Waals surface area contributed by atoms with Crippen LogP contribution in [0.15, 0.2) is 54.6 Å². The molecular formula is C23H30O2S. The monoisotopic (exact) mass is 370 g/mol. The summed E-state index contributed by atoms with van der Waals surface area (Å²) in [6, 6.07) is 16.9. The summed E-state index contributed by atoms with van der Waals surface area (Å²) in [6.07, 6.45) is 10.1. The second-order valence-corrected chi connectivity index (χ2v) is 7.07. The maximum absolute atomic E-state index is 12.5. The third kappa shape index (κ3) is 7.65. The van der Waals surface area contributed by atoms with Gasteiger partial charge in [-0.15, -0.1) is 0 Å². The Bertz CT molecular complexity index is 640. The SMILES string of the molecule is O=C(c1ccccc1)c1cccc(OCCCCCCCCCCS)c1. The minimum absolute atomic E-state index is 0.0361.